The molecule has 0 radical (unpaired) electrons. The molecule has 0 bridgehead atoms. The van der Waals surface area contributed by atoms with Gasteiger partial charge in [-0.15, -0.1) is 0 Å². The van der Waals surface area contributed by atoms with Gasteiger partial charge in [-0.2, -0.15) is 0 Å². The standard InChI is InChI=1S/C11H27N3O2S/c1-11(2)14(4)9-8-13-17(15,16)10-6-5-7-12-3/h11-13H,5-10H2,1-4H3. The Bertz CT molecular complexity index is 278. The summed E-state index contributed by atoms with van der Waals surface area (Å²) in [5.41, 5.74) is 0. The van der Waals surface area contributed by atoms with Crippen LogP contribution in [-0.2, 0) is 10.0 Å². The lowest BCUT2D eigenvalue weighted by molar-refractivity contribution is 0.278. The highest BCUT2D eigenvalue weighted by Crippen LogP contribution is 1.95. The van der Waals surface area contributed by atoms with Gasteiger partial charge in [-0.1, -0.05) is 0 Å². The Labute approximate surface area is 106 Å². The maximum absolute atomic E-state index is 11.6. The fourth-order valence-corrected chi connectivity index (χ4v) is 2.43. The average Bonchev–Trinajstić information content (AvgIpc) is 2.24. The molecular formula is C11H27N3O2S. The van der Waals surface area contributed by atoms with Gasteiger partial charge >= 0.3 is 0 Å². The van der Waals surface area contributed by atoms with Gasteiger partial charge in [-0.3, -0.25) is 0 Å². The lowest BCUT2D eigenvalue weighted by atomic mass is 10.3. The van der Waals surface area contributed by atoms with Crippen molar-refractivity contribution in [3.05, 3.63) is 0 Å². The molecule has 0 aliphatic rings. The molecule has 0 aliphatic carbocycles. The molecule has 0 saturated heterocycles. The van der Waals surface area contributed by atoms with Crippen LogP contribution in [0.2, 0.25) is 0 Å². The summed E-state index contributed by atoms with van der Waals surface area (Å²) in [5, 5.41) is 3.00. The van der Waals surface area contributed by atoms with Gasteiger partial charge in [-0.25, -0.2) is 13.1 Å². The molecular weight excluding hydrogens is 238 g/mol. The van der Waals surface area contributed by atoms with Crippen molar-refractivity contribution in [2.24, 2.45) is 0 Å². The van der Waals surface area contributed by atoms with E-state index < -0.39 is 10.0 Å². The second-order valence-corrected chi connectivity index (χ2v) is 6.52. The van der Waals surface area contributed by atoms with Crippen LogP contribution in [0.15, 0.2) is 0 Å². The van der Waals surface area contributed by atoms with Gasteiger partial charge in [0.15, 0.2) is 0 Å². The third-order valence-corrected chi connectivity index (χ3v) is 4.23. The van der Waals surface area contributed by atoms with Gasteiger partial charge in [0.05, 0.1) is 5.75 Å². The smallest absolute Gasteiger partial charge is 0.211 e. The lowest BCUT2D eigenvalue weighted by Gasteiger charge is -2.20. The fourth-order valence-electron chi connectivity index (χ4n) is 1.30. The summed E-state index contributed by atoms with van der Waals surface area (Å²) in [4.78, 5) is 2.11. The molecule has 0 atom stereocenters. The highest BCUT2D eigenvalue weighted by atomic mass is 32.2. The normalized spacial score (nSPS) is 12.6. The van der Waals surface area contributed by atoms with Crippen molar-refractivity contribution in [3.8, 4) is 0 Å². The van der Waals surface area contributed by atoms with Gasteiger partial charge in [0.1, 0.15) is 0 Å². The Hall–Kier alpha value is -0.170. The van der Waals surface area contributed by atoms with Crippen molar-refractivity contribution in [2.75, 3.05) is 39.5 Å². The van der Waals surface area contributed by atoms with Crippen LogP contribution in [0.25, 0.3) is 0 Å². The highest BCUT2D eigenvalue weighted by Gasteiger charge is 2.10. The molecule has 0 fully saturated rings. The molecule has 0 rings (SSSR count). The third-order valence-electron chi connectivity index (χ3n) is 2.76. The zero-order valence-electron chi connectivity index (χ0n) is 11.5. The van der Waals surface area contributed by atoms with Crippen LogP contribution >= 0.6 is 0 Å². The number of rotatable bonds is 10. The molecule has 0 unspecified atom stereocenters. The minimum absolute atomic E-state index is 0.222. The van der Waals surface area contributed by atoms with Crippen molar-refractivity contribution in [1.29, 1.82) is 0 Å². The zero-order valence-corrected chi connectivity index (χ0v) is 12.3. The Morgan fingerprint density at radius 1 is 1.18 bits per heavy atom. The monoisotopic (exact) mass is 265 g/mol. The molecule has 0 saturated carbocycles. The molecule has 0 amide bonds. The van der Waals surface area contributed by atoms with E-state index >= 15 is 0 Å². The van der Waals surface area contributed by atoms with Gasteiger partial charge in [0, 0.05) is 19.1 Å². The van der Waals surface area contributed by atoms with Crippen molar-refractivity contribution < 1.29 is 8.42 Å². The van der Waals surface area contributed by atoms with Crippen molar-refractivity contribution in [2.45, 2.75) is 32.7 Å². The quantitative estimate of drug-likeness (QED) is 0.556. The summed E-state index contributed by atoms with van der Waals surface area (Å²) in [6, 6.07) is 0.440. The first-order chi connectivity index (χ1) is 7.89. The number of hydrogen-bond donors (Lipinski definition) is 2. The summed E-state index contributed by atoms with van der Waals surface area (Å²) in [6.45, 7) is 6.28. The summed E-state index contributed by atoms with van der Waals surface area (Å²) in [7, 11) is 0.774. The highest BCUT2D eigenvalue weighted by molar-refractivity contribution is 7.89. The predicted octanol–water partition coefficient (Wildman–Crippen LogP) is 0.246. The van der Waals surface area contributed by atoms with Gasteiger partial charge < -0.3 is 10.2 Å². The third kappa shape index (κ3) is 9.52. The van der Waals surface area contributed by atoms with E-state index in [-0.39, 0.29) is 5.75 Å². The number of hydrogen-bond acceptors (Lipinski definition) is 4. The maximum Gasteiger partial charge on any atom is 0.211 e. The topological polar surface area (TPSA) is 61.4 Å². The number of unbranched alkanes of at least 4 members (excludes halogenated alkanes) is 1. The van der Waals surface area contributed by atoms with Crippen molar-refractivity contribution in [3.63, 3.8) is 0 Å². The first kappa shape index (κ1) is 16.8. The maximum atomic E-state index is 11.6. The average molecular weight is 265 g/mol. The van der Waals surface area contributed by atoms with Crippen LogP contribution in [0.3, 0.4) is 0 Å². The number of sulfonamides is 1. The van der Waals surface area contributed by atoms with Gasteiger partial charge in [-0.05, 0) is 47.3 Å². The van der Waals surface area contributed by atoms with E-state index in [2.05, 4.69) is 28.8 Å². The molecule has 0 aromatic heterocycles. The molecule has 0 aromatic rings. The Morgan fingerprint density at radius 2 is 1.82 bits per heavy atom. The first-order valence-corrected chi connectivity index (χ1v) is 7.86. The molecule has 17 heavy (non-hydrogen) atoms. The first-order valence-electron chi connectivity index (χ1n) is 6.21. The van der Waals surface area contributed by atoms with Gasteiger partial charge in [0.25, 0.3) is 0 Å². The van der Waals surface area contributed by atoms with Crippen molar-refractivity contribution in [1.82, 2.24) is 14.9 Å². The van der Waals surface area contributed by atoms with E-state index in [1.165, 1.54) is 0 Å². The van der Waals surface area contributed by atoms with Crippen LogP contribution in [0.5, 0.6) is 0 Å². The van der Waals surface area contributed by atoms with E-state index in [0.29, 0.717) is 19.0 Å². The van der Waals surface area contributed by atoms with Crippen LogP contribution in [-0.4, -0.2) is 58.8 Å². The van der Waals surface area contributed by atoms with Crippen LogP contribution in [0.4, 0.5) is 0 Å². The van der Waals surface area contributed by atoms with Gasteiger partial charge in [0.2, 0.25) is 10.0 Å². The molecule has 0 aromatic carbocycles. The number of likely N-dealkylation sites (N-methyl/N-ethyl adjacent to an activating group) is 1. The molecule has 2 N–H and O–H groups in total. The molecule has 5 nitrogen and oxygen atoms in total. The minimum Gasteiger partial charge on any atom is -0.320 e. The molecule has 6 heteroatoms. The fraction of sp³-hybridized carbons (Fsp3) is 1.00. The summed E-state index contributed by atoms with van der Waals surface area (Å²) in [5.74, 6) is 0.222. The summed E-state index contributed by atoms with van der Waals surface area (Å²) >= 11 is 0. The molecule has 0 spiro atoms. The molecule has 0 heterocycles. The Morgan fingerprint density at radius 3 is 2.35 bits per heavy atom. The van der Waals surface area contributed by atoms with E-state index in [4.69, 9.17) is 0 Å². The van der Waals surface area contributed by atoms with Crippen molar-refractivity contribution >= 4 is 10.0 Å². The molecule has 104 valence electrons. The van der Waals surface area contributed by atoms with E-state index in [1.807, 2.05) is 14.1 Å². The van der Waals surface area contributed by atoms with E-state index in [1.54, 1.807) is 0 Å². The SMILES string of the molecule is CNCCCCS(=O)(=O)NCCN(C)C(C)C. The van der Waals surface area contributed by atoms with Crippen LogP contribution in [0.1, 0.15) is 26.7 Å². The zero-order chi connectivity index (χ0) is 13.3. The van der Waals surface area contributed by atoms with Crippen LogP contribution in [0, 0.1) is 0 Å². The summed E-state index contributed by atoms with van der Waals surface area (Å²) in [6.07, 6.45) is 1.60. The largest absolute Gasteiger partial charge is 0.320 e. The molecule has 0 aliphatic heterocycles. The number of nitrogens with one attached hydrogen (secondary N) is 2. The van der Waals surface area contributed by atoms with E-state index in [0.717, 1.165) is 19.5 Å². The minimum atomic E-state index is -3.09. The Kier molecular flexibility index (Phi) is 8.77. The summed E-state index contributed by atoms with van der Waals surface area (Å²) < 4.78 is 25.8. The van der Waals surface area contributed by atoms with E-state index in [9.17, 15) is 8.42 Å². The Balaban J connectivity index is 3.71. The second-order valence-electron chi connectivity index (χ2n) is 4.60. The van der Waals surface area contributed by atoms with Crippen LogP contribution < -0.4 is 10.0 Å². The lowest BCUT2D eigenvalue weighted by Crippen LogP contribution is -2.37. The second kappa shape index (κ2) is 8.85. The number of nitrogens with zero attached hydrogens (tertiary/aromatic N) is 1. The predicted molar refractivity (Wildman–Crippen MR) is 72.7 cm³/mol.